The Morgan fingerprint density at radius 1 is 1.28 bits per heavy atom. The molecule has 96 valence electrons. The molecule has 1 heterocycles. The highest BCUT2D eigenvalue weighted by atomic mass is 32.1. The van der Waals surface area contributed by atoms with Crippen molar-refractivity contribution in [1.82, 2.24) is 0 Å². The van der Waals surface area contributed by atoms with Gasteiger partial charge in [-0.1, -0.05) is 19.1 Å². The number of hydrogen-bond donors (Lipinski definition) is 2. The summed E-state index contributed by atoms with van der Waals surface area (Å²) < 4.78 is 0. The van der Waals surface area contributed by atoms with E-state index in [0.717, 1.165) is 12.1 Å². The Hall–Kier alpha value is -1.32. The van der Waals surface area contributed by atoms with E-state index in [2.05, 4.69) is 55.6 Å². The molecule has 2 nitrogen and oxygen atoms in total. The van der Waals surface area contributed by atoms with Gasteiger partial charge in [-0.15, -0.1) is 11.3 Å². The van der Waals surface area contributed by atoms with Crippen molar-refractivity contribution in [2.24, 2.45) is 5.73 Å². The Bertz CT molecular complexity index is 505. The molecule has 0 bridgehead atoms. The fraction of sp³-hybridized carbons (Fsp3) is 0.333. The third-order valence-electron chi connectivity index (χ3n) is 2.97. The predicted molar refractivity (Wildman–Crippen MR) is 80.3 cm³/mol. The number of hydrogen-bond acceptors (Lipinski definition) is 3. The summed E-state index contributed by atoms with van der Waals surface area (Å²) in [7, 11) is 0. The molecule has 1 aromatic heterocycles. The summed E-state index contributed by atoms with van der Waals surface area (Å²) in [6.45, 7) is 4.89. The standard InChI is InChI=1S/C15H20N2S/c1-3-13-7-8-15(18-13)14(10-16)17-12-6-4-5-11(2)9-12/h4-9,14,17H,3,10,16H2,1-2H3. The molecule has 0 radical (unpaired) electrons. The Kier molecular flexibility index (Phi) is 4.39. The van der Waals surface area contributed by atoms with E-state index in [9.17, 15) is 0 Å². The van der Waals surface area contributed by atoms with Gasteiger partial charge in [0.2, 0.25) is 0 Å². The van der Waals surface area contributed by atoms with Gasteiger partial charge in [0.15, 0.2) is 0 Å². The topological polar surface area (TPSA) is 38.0 Å². The molecule has 0 saturated carbocycles. The third kappa shape index (κ3) is 3.12. The van der Waals surface area contributed by atoms with Crippen LogP contribution in [-0.2, 0) is 6.42 Å². The average molecular weight is 260 g/mol. The van der Waals surface area contributed by atoms with E-state index < -0.39 is 0 Å². The predicted octanol–water partition coefficient (Wildman–Crippen LogP) is 3.73. The molecule has 1 unspecified atom stereocenters. The SMILES string of the molecule is CCc1ccc(C(CN)Nc2cccc(C)c2)s1. The van der Waals surface area contributed by atoms with Gasteiger partial charge in [-0.3, -0.25) is 0 Å². The Morgan fingerprint density at radius 2 is 2.11 bits per heavy atom. The van der Waals surface area contributed by atoms with Crippen molar-refractivity contribution in [2.45, 2.75) is 26.3 Å². The van der Waals surface area contributed by atoms with Crippen LogP contribution in [0, 0.1) is 6.92 Å². The third-order valence-corrected chi connectivity index (χ3v) is 4.31. The zero-order valence-corrected chi connectivity index (χ0v) is 11.8. The first-order chi connectivity index (χ1) is 8.72. The number of anilines is 1. The summed E-state index contributed by atoms with van der Waals surface area (Å²) in [5.74, 6) is 0. The second-order valence-electron chi connectivity index (χ2n) is 4.46. The van der Waals surface area contributed by atoms with Crippen molar-refractivity contribution in [1.29, 1.82) is 0 Å². The summed E-state index contributed by atoms with van der Waals surface area (Å²) in [5.41, 5.74) is 8.28. The number of nitrogens with two attached hydrogens (primary N) is 1. The molecular weight excluding hydrogens is 240 g/mol. The highest BCUT2D eigenvalue weighted by Gasteiger charge is 2.11. The minimum atomic E-state index is 0.206. The summed E-state index contributed by atoms with van der Waals surface area (Å²) in [5, 5.41) is 3.51. The minimum absolute atomic E-state index is 0.206. The van der Waals surface area contributed by atoms with Crippen LogP contribution in [0.15, 0.2) is 36.4 Å². The van der Waals surface area contributed by atoms with E-state index in [0.29, 0.717) is 6.54 Å². The van der Waals surface area contributed by atoms with Gasteiger partial charge in [-0.2, -0.15) is 0 Å². The molecule has 2 rings (SSSR count). The number of benzene rings is 1. The molecule has 1 atom stereocenters. The van der Waals surface area contributed by atoms with Crippen LogP contribution in [0.2, 0.25) is 0 Å². The van der Waals surface area contributed by atoms with Crippen LogP contribution in [0.25, 0.3) is 0 Å². The van der Waals surface area contributed by atoms with Gasteiger partial charge in [0.25, 0.3) is 0 Å². The number of thiophene rings is 1. The summed E-state index contributed by atoms with van der Waals surface area (Å²) in [6.07, 6.45) is 1.09. The lowest BCUT2D eigenvalue weighted by Crippen LogP contribution is -2.19. The second kappa shape index (κ2) is 6.03. The first-order valence-electron chi connectivity index (χ1n) is 6.34. The number of aryl methyl sites for hydroxylation is 2. The van der Waals surface area contributed by atoms with Gasteiger partial charge in [-0.05, 0) is 43.2 Å². The second-order valence-corrected chi connectivity index (χ2v) is 5.66. The van der Waals surface area contributed by atoms with Crippen molar-refractivity contribution in [2.75, 3.05) is 11.9 Å². The van der Waals surface area contributed by atoms with E-state index in [-0.39, 0.29) is 6.04 Å². The zero-order valence-electron chi connectivity index (χ0n) is 10.9. The number of rotatable bonds is 5. The maximum absolute atomic E-state index is 5.89. The molecular formula is C15H20N2S. The summed E-state index contributed by atoms with van der Waals surface area (Å²) >= 11 is 1.85. The van der Waals surface area contributed by atoms with Gasteiger partial charge in [0.05, 0.1) is 6.04 Å². The average Bonchev–Trinajstić information content (AvgIpc) is 2.84. The Balaban J connectivity index is 2.14. The molecule has 0 spiro atoms. The molecule has 0 aliphatic heterocycles. The maximum Gasteiger partial charge on any atom is 0.0728 e. The smallest absolute Gasteiger partial charge is 0.0728 e. The molecule has 18 heavy (non-hydrogen) atoms. The lowest BCUT2D eigenvalue weighted by Gasteiger charge is -2.17. The lowest BCUT2D eigenvalue weighted by molar-refractivity contribution is 0.806. The highest BCUT2D eigenvalue weighted by molar-refractivity contribution is 7.12. The fourth-order valence-electron chi connectivity index (χ4n) is 1.95. The Labute approximate surface area is 113 Å². The molecule has 0 aliphatic carbocycles. The van der Waals surface area contributed by atoms with Crippen LogP contribution in [0.1, 0.15) is 28.3 Å². The van der Waals surface area contributed by atoms with Crippen LogP contribution < -0.4 is 11.1 Å². The molecule has 3 N–H and O–H groups in total. The van der Waals surface area contributed by atoms with Gasteiger partial charge >= 0.3 is 0 Å². The van der Waals surface area contributed by atoms with E-state index in [1.54, 1.807) is 0 Å². The molecule has 0 amide bonds. The highest BCUT2D eigenvalue weighted by Crippen LogP contribution is 2.26. The van der Waals surface area contributed by atoms with Crippen molar-refractivity contribution in [3.05, 3.63) is 51.7 Å². The molecule has 3 heteroatoms. The van der Waals surface area contributed by atoms with Crippen LogP contribution in [-0.4, -0.2) is 6.54 Å². The van der Waals surface area contributed by atoms with Crippen LogP contribution >= 0.6 is 11.3 Å². The molecule has 2 aromatic rings. The van der Waals surface area contributed by atoms with Crippen LogP contribution in [0.3, 0.4) is 0 Å². The molecule has 0 aliphatic rings. The van der Waals surface area contributed by atoms with Gasteiger partial charge in [0.1, 0.15) is 0 Å². The first kappa shape index (κ1) is 13.1. The normalized spacial score (nSPS) is 12.4. The van der Waals surface area contributed by atoms with Crippen LogP contribution in [0.5, 0.6) is 0 Å². The minimum Gasteiger partial charge on any atom is -0.376 e. The van der Waals surface area contributed by atoms with Crippen molar-refractivity contribution >= 4 is 17.0 Å². The first-order valence-corrected chi connectivity index (χ1v) is 7.16. The van der Waals surface area contributed by atoms with Gasteiger partial charge < -0.3 is 11.1 Å². The Morgan fingerprint density at radius 3 is 2.72 bits per heavy atom. The quantitative estimate of drug-likeness (QED) is 0.859. The van der Waals surface area contributed by atoms with E-state index in [1.165, 1.54) is 15.3 Å². The van der Waals surface area contributed by atoms with Gasteiger partial charge in [0, 0.05) is 22.0 Å². The number of nitrogens with one attached hydrogen (secondary N) is 1. The lowest BCUT2D eigenvalue weighted by atomic mass is 10.2. The van der Waals surface area contributed by atoms with Crippen LogP contribution in [0.4, 0.5) is 5.69 Å². The monoisotopic (exact) mass is 260 g/mol. The maximum atomic E-state index is 5.89. The zero-order chi connectivity index (χ0) is 13.0. The largest absolute Gasteiger partial charge is 0.376 e. The van der Waals surface area contributed by atoms with E-state index in [4.69, 9.17) is 5.73 Å². The summed E-state index contributed by atoms with van der Waals surface area (Å²) in [6, 6.07) is 13.0. The van der Waals surface area contributed by atoms with E-state index >= 15 is 0 Å². The van der Waals surface area contributed by atoms with Crippen molar-refractivity contribution in [3.8, 4) is 0 Å². The van der Waals surface area contributed by atoms with Crippen molar-refractivity contribution in [3.63, 3.8) is 0 Å². The van der Waals surface area contributed by atoms with Crippen molar-refractivity contribution < 1.29 is 0 Å². The van der Waals surface area contributed by atoms with E-state index in [1.807, 2.05) is 11.3 Å². The summed E-state index contributed by atoms with van der Waals surface area (Å²) in [4.78, 5) is 2.73. The molecule has 1 aromatic carbocycles. The fourth-order valence-corrected chi connectivity index (χ4v) is 2.97. The molecule has 0 fully saturated rings. The molecule has 0 saturated heterocycles. The van der Waals surface area contributed by atoms with Gasteiger partial charge in [-0.25, -0.2) is 0 Å².